The van der Waals surface area contributed by atoms with Crippen LogP contribution in [-0.4, -0.2) is 52.8 Å². The number of hydrogen-bond acceptors (Lipinski definition) is 8. The molecule has 3 heterocycles. The number of carbonyl (C=O) groups is 2. The molecule has 1 aliphatic heterocycles. The first-order chi connectivity index (χ1) is 15.0. The summed E-state index contributed by atoms with van der Waals surface area (Å²) in [5.74, 6) is -1.18. The van der Waals surface area contributed by atoms with Gasteiger partial charge in [0, 0.05) is 29.8 Å². The number of thiazole rings is 1. The third-order valence-corrected chi connectivity index (χ3v) is 6.70. The van der Waals surface area contributed by atoms with Crippen LogP contribution in [0.25, 0.3) is 11.3 Å². The summed E-state index contributed by atoms with van der Waals surface area (Å²) in [4.78, 5) is 29.4. The summed E-state index contributed by atoms with van der Waals surface area (Å²) in [6.07, 6.45) is 3.67. The molecule has 3 N–H and O–H groups in total. The van der Waals surface area contributed by atoms with Gasteiger partial charge in [-0.1, -0.05) is 18.2 Å². The Hall–Kier alpha value is -3.22. The van der Waals surface area contributed by atoms with Crippen LogP contribution in [-0.2, 0) is 21.2 Å². The van der Waals surface area contributed by atoms with E-state index in [1.54, 1.807) is 6.92 Å². The van der Waals surface area contributed by atoms with E-state index in [4.69, 9.17) is 0 Å². The second-order valence-corrected chi connectivity index (χ2v) is 10.4. The molecule has 168 valence electrons. The van der Waals surface area contributed by atoms with E-state index in [9.17, 15) is 23.1 Å². The minimum absolute atomic E-state index is 0.0989. The van der Waals surface area contributed by atoms with Crippen molar-refractivity contribution in [1.82, 2.24) is 19.7 Å². The van der Waals surface area contributed by atoms with Gasteiger partial charge in [0.1, 0.15) is 0 Å². The molecule has 4 rings (SSSR count). The van der Waals surface area contributed by atoms with Crippen molar-refractivity contribution in [3.63, 3.8) is 0 Å². The van der Waals surface area contributed by atoms with E-state index in [0.29, 0.717) is 5.13 Å². The monoisotopic (exact) mass is 475 g/mol. The summed E-state index contributed by atoms with van der Waals surface area (Å²) in [6, 6.07) is 8.99. The molecule has 1 unspecified atom stereocenters. The average molecular weight is 476 g/mol. The van der Waals surface area contributed by atoms with Crippen molar-refractivity contribution in [2.24, 2.45) is 0 Å². The number of aromatic nitrogens is 2. The number of nitrogens with zero attached hydrogens (tertiary/aromatic N) is 3. The molecule has 2 aromatic heterocycles. The number of nitrogens with one attached hydrogen (secondary N) is 2. The Balaban J connectivity index is 1.47. The lowest BCUT2D eigenvalue weighted by atomic mass is 10.0. The largest absolute Gasteiger partial charge is 0.369 e. The van der Waals surface area contributed by atoms with Crippen LogP contribution in [0.5, 0.6) is 0 Å². The maximum absolute atomic E-state index is 12.6. The van der Waals surface area contributed by atoms with Gasteiger partial charge in [0.05, 0.1) is 24.1 Å². The van der Waals surface area contributed by atoms with Crippen molar-refractivity contribution in [2.45, 2.75) is 19.1 Å². The van der Waals surface area contributed by atoms with E-state index in [-0.39, 0.29) is 18.5 Å². The van der Waals surface area contributed by atoms with E-state index < -0.39 is 27.6 Å². The van der Waals surface area contributed by atoms with Gasteiger partial charge < -0.3 is 10.4 Å². The van der Waals surface area contributed by atoms with Gasteiger partial charge in [-0.05, 0) is 24.6 Å². The molecule has 0 spiro atoms. The van der Waals surface area contributed by atoms with Gasteiger partial charge in [-0.25, -0.2) is 18.4 Å². The Morgan fingerprint density at radius 1 is 1.31 bits per heavy atom. The van der Waals surface area contributed by atoms with Crippen molar-refractivity contribution < 1.29 is 23.1 Å². The lowest BCUT2D eigenvalue weighted by molar-refractivity contribution is -0.121. The molecular weight excluding hydrogens is 454 g/mol. The maximum atomic E-state index is 12.6. The van der Waals surface area contributed by atoms with Crippen LogP contribution in [0.15, 0.2) is 48.1 Å². The zero-order chi connectivity index (χ0) is 23.1. The highest BCUT2D eigenvalue weighted by Gasteiger charge is 2.34. The summed E-state index contributed by atoms with van der Waals surface area (Å²) in [5.41, 5.74) is 3.77. The number of fused-ring (bicyclic) bond motifs is 5. The van der Waals surface area contributed by atoms with Crippen molar-refractivity contribution in [1.29, 1.82) is 0 Å². The normalized spacial score (nSPS) is 17.8. The van der Waals surface area contributed by atoms with Crippen LogP contribution in [0.2, 0.25) is 0 Å². The number of carbonyl (C=O) groups excluding carboxylic acids is 2. The minimum atomic E-state index is -3.51. The fourth-order valence-electron chi connectivity index (χ4n) is 3.32. The van der Waals surface area contributed by atoms with Crippen molar-refractivity contribution in [3.8, 4) is 11.3 Å². The van der Waals surface area contributed by atoms with Gasteiger partial charge >= 0.3 is 0 Å². The molecule has 0 saturated heterocycles. The topological polar surface area (TPSA) is 134 Å². The van der Waals surface area contributed by atoms with Crippen molar-refractivity contribution in [3.05, 3.63) is 59.2 Å². The first-order valence-electron chi connectivity index (χ1n) is 9.57. The average Bonchev–Trinajstić information content (AvgIpc) is 3.39. The summed E-state index contributed by atoms with van der Waals surface area (Å²) < 4.78 is 24.0. The van der Waals surface area contributed by atoms with Crippen LogP contribution >= 0.6 is 11.3 Å². The minimum Gasteiger partial charge on any atom is -0.369 e. The molecule has 0 aliphatic carbocycles. The van der Waals surface area contributed by atoms with Gasteiger partial charge in [-0.2, -0.15) is 0 Å². The number of anilines is 1. The van der Waals surface area contributed by atoms with Gasteiger partial charge in [-0.15, -0.1) is 11.3 Å². The van der Waals surface area contributed by atoms with E-state index in [0.717, 1.165) is 27.0 Å². The molecule has 12 heteroatoms. The Morgan fingerprint density at radius 2 is 2.09 bits per heavy atom. The maximum Gasteiger partial charge on any atom is 0.258 e. The summed E-state index contributed by atoms with van der Waals surface area (Å²) in [7, 11) is -3.51. The summed E-state index contributed by atoms with van der Waals surface area (Å²) >= 11 is 1.27. The van der Waals surface area contributed by atoms with Crippen molar-refractivity contribution >= 4 is 38.3 Å². The Kier molecular flexibility index (Phi) is 5.53. The van der Waals surface area contributed by atoms with Crippen LogP contribution < -0.4 is 15.8 Å². The van der Waals surface area contributed by atoms with Crippen LogP contribution in [0, 0.1) is 0 Å². The molecule has 1 aliphatic rings. The Bertz CT molecular complexity index is 1290. The number of benzene rings is 1. The standard InChI is InChI=1S/C20H21N5O5S2/c1-20(28)9-13-4-3-5-14(8-13)16-12-31-19(22-16)25(20)23-17(26)10-21-18(27)15-6-7-24(11-15)32(2,29)30/h3-8,11-12,28H,9-10H2,1-2H3,(H,21,27)(H,23,26). The lowest BCUT2D eigenvalue weighted by Gasteiger charge is -2.36. The van der Waals surface area contributed by atoms with Crippen molar-refractivity contribution in [2.75, 3.05) is 17.8 Å². The second kappa shape index (κ2) is 8.04. The Morgan fingerprint density at radius 3 is 2.81 bits per heavy atom. The summed E-state index contributed by atoms with van der Waals surface area (Å²) in [6.45, 7) is 1.18. The molecule has 1 aromatic carbocycles. The molecule has 0 fully saturated rings. The number of hydrazine groups is 1. The van der Waals surface area contributed by atoms with Gasteiger partial charge in [0.25, 0.3) is 11.8 Å². The highest BCUT2D eigenvalue weighted by Crippen LogP contribution is 2.33. The van der Waals surface area contributed by atoms with E-state index in [1.807, 2.05) is 29.6 Å². The highest BCUT2D eigenvalue weighted by atomic mass is 32.2. The molecule has 0 radical (unpaired) electrons. The molecule has 4 bridgehead atoms. The number of aliphatic hydroxyl groups is 1. The molecule has 1 atom stereocenters. The van der Waals surface area contributed by atoms with Crippen LogP contribution in [0.4, 0.5) is 5.13 Å². The zero-order valence-electron chi connectivity index (χ0n) is 17.3. The smallest absolute Gasteiger partial charge is 0.258 e. The van der Waals surface area contributed by atoms with Crippen LogP contribution in [0.1, 0.15) is 22.8 Å². The number of hydrogen-bond donors (Lipinski definition) is 3. The predicted octanol–water partition coefficient (Wildman–Crippen LogP) is 0.952. The number of rotatable bonds is 5. The summed E-state index contributed by atoms with van der Waals surface area (Å²) in [5, 5.41) is 17.1. The molecular formula is C20H21N5O5S2. The highest BCUT2D eigenvalue weighted by molar-refractivity contribution is 7.89. The second-order valence-electron chi connectivity index (χ2n) is 7.66. The quantitative estimate of drug-likeness (QED) is 0.500. The predicted molar refractivity (Wildman–Crippen MR) is 120 cm³/mol. The fourth-order valence-corrected chi connectivity index (χ4v) is 4.82. The van der Waals surface area contributed by atoms with E-state index in [2.05, 4.69) is 15.7 Å². The lowest BCUT2D eigenvalue weighted by Crippen LogP contribution is -2.59. The zero-order valence-corrected chi connectivity index (χ0v) is 18.9. The SMILES string of the molecule is CC1(O)Cc2cccc(c2)-c2csc(n2)N1NC(=O)CNC(=O)c1ccn(S(C)(=O)=O)c1. The molecule has 32 heavy (non-hydrogen) atoms. The molecule has 3 aromatic rings. The molecule has 2 amide bonds. The van der Waals surface area contributed by atoms with E-state index >= 15 is 0 Å². The third-order valence-electron chi connectivity index (χ3n) is 4.89. The Labute approximate surface area is 188 Å². The molecule has 0 saturated carbocycles. The van der Waals surface area contributed by atoms with Gasteiger partial charge in [0.2, 0.25) is 15.2 Å². The first kappa shape index (κ1) is 22.0. The van der Waals surface area contributed by atoms with Gasteiger partial charge in [-0.3, -0.25) is 19.0 Å². The van der Waals surface area contributed by atoms with Crippen LogP contribution in [0.3, 0.4) is 0 Å². The third kappa shape index (κ3) is 4.52. The molecule has 10 nitrogen and oxygen atoms in total. The fraction of sp³-hybridized carbons (Fsp3) is 0.250. The van der Waals surface area contributed by atoms with Gasteiger partial charge in [0.15, 0.2) is 5.72 Å². The first-order valence-corrected chi connectivity index (χ1v) is 12.3. The number of amides is 2. The van der Waals surface area contributed by atoms with E-state index in [1.165, 1.54) is 34.8 Å².